The third-order valence-corrected chi connectivity index (χ3v) is 6.05. The minimum atomic E-state index is 0.898. The molecule has 1 saturated carbocycles. The van der Waals surface area contributed by atoms with E-state index in [-0.39, 0.29) is 0 Å². The van der Waals surface area contributed by atoms with Crippen LogP contribution in [0.3, 0.4) is 0 Å². The third kappa shape index (κ3) is 3.58. The molecule has 0 radical (unpaired) electrons. The van der Waals surface area contributed by atoms with Gasteiger partial charge >= 0.3 is 0 Å². The van der Waals surface area contributed by atoms with E-state index in [1.165, 1.54) is 74.2 Å². The molecule has 0 aliphatic heterocycles. The van der Waals surface area contributed by atoms with Gasteiger partial charge in [0.05, 0.1) is 23.7 Å². The fourth-order valence-electron chi connectivity index (χ4n) is 4.62. The van der Waals surface area contributed by atoms with Crippen LogP contribution in [0, 0.1) is 5.92 Å². The van der Waals surface area contributed by atoms with Crippen molar-refractivity contribution < 1.29 is 4.74 Å². The van der Waals surface area contributed by atoms with Crippen molar-refractivity contribution in [3.63, 3.8) is 0 Å². The van der Waals surface area contributed by atoms with Crippen molar-refractivity contribution in [1.82, 2.24) is 9.55 Å². The zero-order valence-electron chi connectivity index (χ0n) is 15.9. The number of hydrogen-bond acceptors (Lipinski definition) is 2. The molecule has 0 unspecified atom stereocenters. The molecule has 3 heteroatoms. The minimum Gasteiger partial charge on any atom is -0.497 e. The van der Waals surface area contributed by atoms with Crippen molar-refractivity contribution >= 4 is 21.9 Å². The van der Waals surface area contributed by atoms with Crippen LogP contribution in [0.4, 0.5) is 0 Å². The van der Waals surface area contributed by atoms with Gasteiger partial charge in [0.1, 0.15) is 5.75 Å². The predicted molar refractivity (Wildman–Crippen MR) is 109 cm³/mol. The molecule has 2 aromatic heterocycles. The van der Waals surface area contributed by atoms with E-state index in [0.717, 1.165) is 23.7 Å². The lowest BCUT2D eigenvalue weighted by molar-refractivity contribution is 0.327. The fourth-order valence-corrected chi connectivity index (χ4v) is 4.62. The van der Waals surface area contributed by atoms with Gasteiger partial charge in [-0.05, 0) is 42.7 Å². The van der Waals surface area contributed by atoms with Gasteiger partial charge in [0.15, 0.2) is 0 Å². The molecule has 1 aromatic carbocycles. The number of pyridine rings is 1. The largest absolute Gasteiger partial charge is 0.497 e. The Morgan fingerprint density at radius 3 is 2.77 bits per heavy atom. The minimum absolute atomic E-state index is 0.898. The van der Waals surface area contributed by atoms with Gasteiger partial charge in [-0.1, -0.05) is 51.4 Å². The molecule has 0 bridgehead atoms. The highest BCUT2D eigenvalue weighted by atomic mass is 16.5. The highest BCUT2D eigenvalue weighted by Gasteiger charge is 2.14. The molecule has 0 amide bonds. The Morgan fingerprint density at radius 1 is 1.04 bits per heavy atom. The number of rotatable bonds is 7. The lowest BCUT2D eigenvalue weighted by Gasteiger charge is -2.21. The molecule has 1 aliphatic rings. The van der Waals surface area contributed by atoms with Crippen LogP contribution < -0.4 is 4.74 Å². The monoisotopic (exact) mass is 350 g/mol. The molecule has 4 rings (SSSR count). The second-order valence-corrected chi connectivity index (χ2v) is 7.76. The standard InChI is InChI=1S/C23H30N2O/c1-26-19-13-14-21-20(17-19)23-22(12-8-15-24-23)25(21)16-7-3-6-11-18-9-4-2-5-10-18/h8,12-15,17-18H,2-7,9-11,16H2,1H3. The van der Waals surface area contributed by atoms with Crippen LogP contribution in [0.25, 0.3) is 21.9 Å². The fraction of sp³-hybridized carbons (Fsp3) is 0.522. The first kappa shape index (κ1) is 17.4. The van der Waals surface area contributed by atoms with Gasteiger partial charge in [-0.15, -0.1) is 0 Å². The van der Waals surface area contributed by atoms with Crippen LogP contribution in [-0.4, -0.2) is 16.7 Å². The Hall–Kier alpha value is -2.03. The van der Waals surface area contributed by atoms with E-state index >= 15 is 0 Å². The maximum Gasteiger partial charge on any atom is 0.119 e. The molecule has 0 atom stereocenters. The van der Waals surface area contributed by atoms with E-state index in [9.17, 15) is 0 Å². The maximum atomic E-state index is 5.41. The molecule has 0 spiro atoms. The number of fused-ring (bicyclic) bond motifs is 3. The van der Waals surface area contributed by atoms with E-state index in [4.69, 9.17) is 4.74 Å². The molecule has 1 aliphatic carbocycles. The zero-order chi connectivity index (χ0) is 17.8. The van der Waals surface area contributed by atoms with Gasteiger partial charge in [0.2, 0.25) is 0 Å². The van der Waals surface area contributed by atoms with Crippen molar-refractivity contribution in [3.05, 3.63) is 36.5 Å². The summed E-state index contributed by atoms with van der Waals surface area (Å²) >= 11 is 0. The highest BCUT2D eigenvalue weighted by molar-refractivity contribution is 6.06. The summed E-state index contributed by atoms with van der Waals surface area (Å²) in [7, 11) is 1.72. The molecule has 0 N–H and O–H groups in total. The second-order valence-electron chi connectivity index (χ2n) is 7.76. The summed E-state index contributed by atoms with van der Waals surface area (Å²) in [5.41, 5.74) is 3.60. The Bertz CT molecular complexity index is 861. The van der Waals surface area contributed by atoms with Crippen LogP contribution in [0.2, 0.25) is 0 Å². The van der Waals surface area contributed by atoms with Crippen molar-refractivity contribution in [2.45, 2.75) is 64.3 Å². The Kier molecular flexibility index (Phi) is 5.42. The van der Waals surface area contributed by atoms with Crippen molar-refractivity contribution in [1.29, 1.82) is 0 Å². The molecular formula is C23H30N2O. The molecule has 0 saturated heterocycles. The van der Waals surface area contributed by atoms with Crippen LogP contribution in [0.15, 0.2) is 36.5 Å². The van der Waals surface area contributed by atoms with E-state index in [2.05, 4.69) is 33.8 Å². The number of nitrogens with zero attached hydrogens (tertiary/aromatic N) is 2. The summed E-state index contributed by atoms with van der Waals surface area (Å²) in [5.74, 6) is 1.91. The summed E-state index contributed by atoms with van der Waals surface area (Å²) in [5, 5.41) is 1.20. The molecule has 1 fully saturated rings. The first-order chi connectivity index (χ1) is 12.9. The van der Waals surface area contributed by atoms with Crippen LogP contribution >= 0.6 is 0 Å². The van der Waals surface area contributed by atoms with Crippen molar-refractivity contribution in [3.8, 4) is 5.75 Å². The molecule has 2 heterocycles. The van der Waals surface area contributed by atoms with Gasteiger partial charge in [0.25, 0.3) is 0 Å². The maximum absolute atomic E-state index is 5.41. The molecular weight excluding hydrogens is 320 g/mol. The molecule has 138 valence electrons. The lowest BCUT2D eigenvalue weighted by atomic mass is 9.85. The second kappa shape index (κ2) is 8.11. The molecule has 3 aromatic rings. The van der Waals surface area contributed by atoms with E-state index in [1.807, 2.05) is 12.3 Å². The van der Waals surface area contributed by atoms with Gasteiger partial charge in [0, 0.05) is 18.1 Å². The van der Waals surface area contributed by atoms with E-state index in [0.29, 0.717) is 0 Å². The van der Waals surface area contributed by atoms with Gasteiger partial charge in [-0.2, -0.15) is 0 Å². The summed E-state index contributed by atoms with van der Waals surface area (Å²) < 4.78 is 7.86. The van der Waals surface area contributed by atoms with E-state index < -0.39 is 0 Å². The highest BCUT2D eigenvalue weighted by Crippen LogP contribution is 2.31. The Labute approximate surface area is 156 Å². The first-order valence-corrected chi connectivity index (χ1v) is 10.3. The number of aryl methyl sites for hydroxylation is 1. The number of unbranched alkanes of at least 4 members (excludes halogenated alkanes) is 2. The van der Waals surface area contributed by atoms with Crippen molar-refractivity contribution in [2.24, 2.45) is 5.92 Å². The van der Waals surface area contributed by atoms with Gasteiger partial charge in [-0.25, -0.2) is 0 Å². The topological polar surface area (TPSA) is 27.1 Å². The summed E-state index contributed by atoms with van der Waals surface area (Å²) in [6, 6.07) is 10.6. The first-order valence-electron chi connectivity index (χ1n) is 10.3. The van der Waals surface area contributed by atoms with E-state index in [1.54, 1.807) is 7.11 Å². The lowest BCUT2D eigenvalue weighted by Crippen LogP contribution is -2.06. The van der Waals surface area contributed by atoms with Crippen LogP contribution in [-0.2, 0) is 6.54 Å². The van der Waals surface area contributed by atoms with Crippen LogP contribution in [0.1, 0.15) is 57.8 Å². The summed E-state index contributed by atoms with van der Waals surface area (Å²) in [6.07, 6.45) is 14.6. The predicted octanol–water partition coefficient (Wildman–Crippen LogP) is 6.34. The number of methoxy groups -OCH3 is 1. The molecule has 3 nitrogen and oxygen atoms in total. The van der Waals surface area contributed by atoms with Crippen LogP contribution in [0.5, 0.6) is 5.75 Å². The zero-order valence-corrected chi connectivity index (χ0v) is 15.9. The normalized spacial score (nSPS) is 15.7. The van der Waals surface area contributed by atoms with Crippen molar-refractivity contribution in [2.75, 3.05) is 7.11 Å². The summed E-state index contributed by atoms with van der Waals surface area (Å²) in [6.45, 7) is 1.07. The van der Waals surface area contributed by atoms with Gasteiger partial charge < -0.3 is 9.30 Å². The average molecular weight is 351 g/mol. The average Bonchev–Trinajstić information content (AvgIpc) is 3.02. The number of ether oxygens (including phenoxy) is 1. The smallest absolute Gasteiger partial charge is 0.119 e. The SMILES string of the molecule is COc1ccc2c(c1)c1ncccc1n2CCCCCC1CCCCC1. The Morgan fingerprint density at radius 2 is 1.92 bits per heavy atom. The molecule has 26 heavy (non-hydrogen) atoms. The summed E-state index contributed by atoms with van der Waals surface area (Å²) in [4.78, 5) is 4.63. The number of hydrogen-bond donors (Lipinski definition) is 0. The quantitative estimate of drug-likeness (QED) is 0.465. The number of aromatic nitrogens is 2. The number of benzene rings is 1. The Balaban J connectivity index is 1.45. The van der Waals surface area contributed by atoms with Gasteiger partial charge in [-0.3, -0.25) is 4.98 Å². The third-order valence-electron chi connectivity index (χ3n) is 6.05.